The molecule has 34 heavy (non-hydrogen) atoms. The van der Waals surface area contributed by atoms with E-state index in [1.54, 1.807) is 21.3 Å². The Morgan fingerprint density at radius 1 is 1.12 bits per heavy atom. The first-order valence-electron chi connectivity index (χ1n) is 11.2. The van der Waals surface area contributed by atoms with Crippen molar-refractivity contribution < 1.29 is 23.8 Å². The lowest BCUT2D eigenvalue weighted by molar-refractivity contribution is -0.133. The minimum atomic E-state index is -0.372. The van der Waals surface area contributed by atoms with Gasteiger partial charge in [0.2, 0.25) is 0 Å². The van der Waals surface area contributed by atoms with Crippen molar-refractivity contribution in [3.8, 4) is 11.5 Å². The van der Waals surface area contributed by atoms with Gasteiger partial charge in [0.15, 0.2) is 0 Å². The van der Waals surface area contributed by atoms with Crippen LogP contribution in [0.3, 0.4) is 0 Å². The van der Waals surface area contributed by atoms with Crippen molar-refractivity contribution in [1.82, 2.24) is 15.2 Å². The van der Waals surface area contributed by atoms with Gasteiger partial charge in [0.25, 0.3) is 5.91 Å². The number of carbonyl (C=O) groups is 2. The zero-order valence-electron chi connectivity index (χ0n) is 20.1. The average Bonchev–Trinajstić information content (AvgIpc) is 3.32. The minimum absolute atomic E-state index is 0.129. The quantitative estimate of drug-likeness (QED) is 0.579. The van der Waals surface area contributed by atoms with Gasteiger partial charge in [0.05, 0.1) is 32.6 Å². The van der Waals surface area contributed by atoms with E-state index in [2.05, 4.69) is 5.32 Å². The van der Waals surface area contributed by atoms with Gasteiger partial charge in [0.1, 0.15) is 18.0 Å². The number of benzene rings is 2. The summed E-state index contributed by atoms with van der Waals surface area (Å²) in [5, 5.41) is 8.92. The standard InChI is InChI=1S/C25H32N4O5/c1-5-26-25(31)28(13-14-32-2)17-24(30)29-22(20-11-6-7-12-23(20)34-4)16-21(27-29)18-9-8-10-19(15-18)33-3/h6-12,15,22H,5,13-14,16-17H2,1-4H3,(H,26,31)/t22-/m0/s1. The largest absolute Gasteiger partial charge is 0.497 e. The molecule has 0 spiro atoms. The molecule has 182 valence electrons. The van der Waals surface area contributed by atoms with Crippen molar-refractivity contribution in [2.24, 2.45) is 5.10 Å². The van der Waals surface area contributed by atoms with Crippen molar-refractivity contribution in [2.75, 3.05) is 47.6 Å². The van der Waals surface area contributed by atoms with Gasteiger partial charge >= 0.3 is 6.03 Å². The number of nitrogens with one attached hydrogen (secondary N) is 1. The third-order valence-corrected chi connectivity index (χ3v) is 5.57. The monoisotopic (exact) mass is 468 g/mol. The molecule has 0 saturated carbocycles. The van der Waals surface area contributed by atoms with E-state index in [0.29, 0.717) is 31.1 Å². The highest BCUT2D eigenvalue weighted by Crippen LogP contribution is 2.37. The van der Waals surface area contributed by atoms with Crippen LogP contribution < -0.4 is 14.8 Å². The van der Waals surface area contributed by atoms with E-state index in [9.17, 15) is 9.59 Å². The van der Waals surface area contributed by atoms with E-state index in [-0.39, 0.29) is 31.1 Å². The third kappa shape index (κ3) is 5.85. The maximum atomic E-state index is 13.5. The molecule has 0 bridgehead atoms. The predicted molar refractivity (Wildman–Crippen MR) is 129 cm³/mol. The molecular weight excluding hydrogens is 436 g/mol. The van der Waals surface area contributed by atoms with Gasteiger partial charge in [-0.25, -0.2) is 9.80 Å². The number of urea groups is 1. The van der Waals surface area contributed by atoms with E-state index in [4.69, 9.17) is 19.3 Å². The van der Waals surface area contributed by atoms with Crippen LogP contribution in [-0.4, -0.2) is 75.1 Å². The summed E-state index contributed by atoms with van der Waals surface area (Å²) in [7, 11) is 4.77. The molecule has 1 aliphatic heterocycles. The Balaban J connectivity index is 1.94. The van der Waals surface area contributed by atoms with Crippen LogP contribution in [0.4, 0.5) is 4.79 Å². The fourth-order valence-corrected chi connectivity index (χ4v) is 3.85. The molecule has 0 saturated heterocycles. The summed E-state index contributed by atoms with van der Waals surface area (Å²) in [6, 6.07) is 14.5. The normalized spacial score (nSPS) is 15.0. The molecule has 9 heteroatoms. The highest BCUT2D eigenvalue weighted by molar-refractivity contribution is 6.03. The Labute approximate surface area is 200 Å². The molecule has 3 rings (SSSR count). The number of hydrogen-bond donors (Lipinski definition) is 1. The van der Waals surface area contributed by atoms with Crippen LogP contribution in [0.5, 0.6) is 11.5 Å². The number of rotatable bonds is 10. The molecule has 0 aromatic heterocycles. The molecular formula is C25H32N4O5. The Kier molecular flexibility index (Phi) is 8.86. The van der Waals surface area contributed by atoms with Gasteiger partial charge in [-0.1, -0.05) is 30.3 Å². The van der Waals surface area contributed by atoms with Gasteiger partial charge in [-0.15, -0.1) is 0 Å². The number of carbonyl (C=O) groups excluding carboxylic acids is 2. The highest BCUT2D eigenvalue weighted by atomic mass is 16.5. The molecule has 1 aliphatic rings. The molecule has 1 heterocycles. The summed E-state index contributed by atoms with van der Waals surface area (Å²) >= 11 is 0. The predicted octanol–water partition coefficient (Wildman–Crippen LogP) is 3.06. The van der Waals surface area contributed by atoms with Crippen molar-refractivity contribution in [2.45, 2.75) is 19.4 Å². The van der Waals surface area contributed by atoms with Gasteiger partial charge in [-0.3, -0.25) is 4.79 Å². The van der Waals surface area contributed by atoms with Crippen molar-refractivity contribution in [3.63, 3.8) is 0 Å². The number of nitrogens with zero attached hydrogens (tertiary/aromatic N) is 3. The molecule has 0 radical (unpaired) electrons. The second kappa shape index (κ2) is 12.0. The topological polar surface area (TPSA) is 92.7 Å². The fraction of sp³-hybridized carbons (Fsp3) is 0.400. The molecule has 3 amide bonds. The zero-order valence-corrected chi connectivity index (χ0v) is 20.1. The van der Waals surface area contributed by atoms with Crippen LogP contribution in [-0.2, 0) is 9.53 Å². The summed E-state index contributed by atoms with van der Waals surface area (Å²) in [5.41, 5.74) is 2.47. The molecule has 9 nitrogen and oxygen atoms in total. The lowest BCUT2D eigenvalue weighted by atomic mass is 9.97. The third-order valence-electron chi connectivity index (χ3n) is 5.57. The van der Waals surface area contributed by atoms with Crippen LogP contribution in [0.25, 0.3) is 0 Å². The van der Waals surface area contributed by atoms with Crippen molar-refractivity contribution >= 4 is 17.6 Å². The first kappa shape index (κ1) is 25.0. The van der Waals surface area contributed by atoms with E-state index in [1.165, 1.54) is 9.91 Å². The average molecular weight is 469 g/mol. The number of ether oxygens (including phenoxy) is 3. The van der Waals surface area contributed by atoms with Crippen molar-refractivity contribution in [1.29, 1.82) is 0 Å². The van der Waals surface area contributed by atoms with E-state index < -0.39 is 0 Å². The van der Waals surface area contributed by atoms with Crippen LogP contribution in [0.15, 0.2) is 53.6 Å². The number of para-hydroxylation sites is 1. The van der Waals surface area contributed by atoms with Crippen LogP contribution in [0.2, 0.25) is 0 Å². The minimum Gasteiger partial charge on any atom is -0.497 e. The maximum absolute atomic E-state index is 13.5. The molecule has 0 unspecified atom stereocenters. The summed E-state index contributed by atoms with van der Waals surface area (Å²) in [5.74, 6) is 1.09. The van der Waals surface area contributed by atoms with Gasteiger partial charge in [0, 0.05) is 37.7 Å². The lowest BCUT2D eigenvalue weighted by Gasteiger charge is -2.27. The van der Waals surface area contributed by atoms with Gasteiger partial charge in [-0.2, -0.15) is 5.10 Å². The second-order valence-corrected chi connectivity index (χ2v) is 7.73. The Morgan fingerprint density at radius 3 is 2.62 bits per heavy atom. The van der Waals surface area contributed by atoms with Crippen LogP contribution in [0.1, 0.15) is 30.5 Å². The second-order valence-electron chi connectivity index (χ2n) is 7.73. The molecule has 2 aromatic carbocycles. The first-order chi connectivity index (χ1) is 16.5. The summed E-state index contributed by atoms with van der Waals surface area (Å²) in [4.78, 5) is 27.5. The molecule has 1 N–H and O–H groups in total. The van der Waals surface area contributed by atoms with E-state index >= 15 is 0 Å². The molecule has 2 aromatic rings. The molecule has 1 atom stereocenters. The van der Waals surface area contributed by atoms with Crippen LogP contribution >= 0.6 is 0 Å². The first-order valence-corrected chi connectivity index (χ1v) is 11.2. The summed E-state index contributed by atoms with van der Waals surface area (Å²) in [6.45, 7) is 2.77. The van der Waals surface area contributed by atoms with Gasteiger partial charge < -0.3 is 24.4 Å². The van der Waals surface area contributed by atoms with E-state index in [1.807, 2.05) is 55.5 Å². The van der Waals surface area contributed by atoms with Gasteiger partial charge in [-0.05, 0) is 25.1 Å². The van der Waals surface area contributed by atoms with Crippen LogP contribution in [0, 0.1) is 0 Å². The smallest absolute Gasteiger partial charge is 0.317 e. The lowest BCUT2D eigenvalue weighted by Crippen LogP contribution is -2.47. The Morgan fingerprint density at radius 2 is 1.91 bits per heavy atom. The maximum Gasteiger partial charge on any atom is 0.317 e. The molecule has 0 aliphatic carbocycles. The molecule has 0 fully saturated rings. The van der Waals surface area contributed by atoms with Crippen molar-refractivity contribution in [3.05, 3.63) is 59.7 Å². The summed E-state index contributed by atoms with van der Waals surface area (Å²) < 4.78 is 16.0. The number of amides is 3. The summed E-state index contributed by atoms with van der Waals surface area (Å²) in [6.07, 6.45) is 0.499. The fourth-order valence-electron chi connectivity index (χ4n) is 3.85. The highest BCUT2D eigenvalue weighted by Gasteiger charge is 2.35. The van der Waals surface area contributed by atoms with E-state index in [0.717, 1.165) is 16.8 Å². The Bertz CT molecular complexity index is 1030. The SMILES string of the molecule is CCNC(=O)N(CCOC)CC(=O)N1N=C(c2cccc(OC)c2)C[C@H]1c1ccccc1OC. The number of methoxy groups -OCH3 is 3. The number of hydrogen-bond acceptors (Lipinski definition) is 6. The zero-order chi connectivity index (χ0) is 24.5. The Hall–Kier alpha value is -3.59. The number of hydrazone groups is 1.